The summed E-state index contributed by atoms with van der Waals surface area (Å²) in [5.41, 5.74) is 3.83. The van der Waals surface area contributed by atoms with Crippen molar-refractivity contribution < 1.29 is 18.8 Å². The third-order valence-corrected chi connectivity index (χ3v) is 11.4. The van der Waals surface area contributed by atoms with Crippen LogP contribution < -0.4 is 14.4 Å². The molecule has 1 fully saturated rings. The van der Waals surface area contributed by atoms with Crippen molar-refractivity contribution in [1.29, 1.82) is 0 Å². The third kappa shape index (κ3) is 6.53. The summed E-state index contributed by atoms with van der Waals surface area (Å²) in [7, 11) is -1.45. The van der Waals surface area contributed by atoms with Gasteiger partial charge in [-0.25, -0.2) is 4.21 Å². The van der Waals surface area contributed by atoms with Gasteiger partial charge in [0.15, 0.2) is 0 Å². The molecule has 6 unspecified atom stereocenters. The average Bonchev–Trinajstić information content (AvgIpc) is 3.09. The van der Waals surface area contributed by atoms with E-state index in [4.69, 9.17) is 16.3 Å². The summed E-state index contributed by atoms with van der Waals surface area (Å²) in [6, 6.07) is 11.9. The fourth-order valence-corrected chi connectivity index (χ4v) is 8.18. The molecule has 0 saturated heterocycles. The van der Waals surface area contributed by atoms with Crippen molar-refractivity contribution in [3.05, 3.63) is 58.1 Å². The van der Waals surface area contributed by atoms with Crippen LogP contribution in [-0.4, -0.2) is 46.3 Å². The minimum absolute atomic E-state index is 0.167. The number of amides is 1. The highest BCUT2D eigenvalue weighted by Crippen LogP contribution is 2.48. The molecule has 6 atom stereocenters. The van der Waals surface area contributed by atoms with Gasteiger partial charge in [0.25, 0.3) is 5.91 Å². The monoisotopic (exact) mass is 614 g/mol. The number of benzene rings is 2. The Morgan fingerprint density at radius 2 is 2.02 bits per heavy atom. The Hall–Kier alpha value is -2.09. The minimum Gasteiger partial charge on any atom is -0.490 e. The molecule has 1 aliphatic heterocycles. The third-order valence-electron chi connectivity index (χ3n) is 9.91. The standard InChI is InChI=1S/C34H47ClN2O4S/c1-5-6-9-28(23(4)38)29-13-10-26(29)19-37-20-34(16-7-8-24-17-27(35)12-14-30(24)34)21-41-32-15-11-25(18-31(32)37)33(39)36-42(40)22(2)3/h11-12,14-15,17-18,22-23,26,28-29,38H,5-10,13,16,19-21H2,1-4H3,(H,36,39). The number of carbonyl (C=O) groups excluding carboxylic acids is 1. The SMILES string of the molecule is CCCCC(C(C)O)C1CCC1CN1CC2(CCCc3cc(Cl)ccc32)COc2ccc(C(=O)NS(=O)C(C)C)cc21. The number of fused-ring (bicyclic) bond motifs is 3. The molecule has 5 rings (SSSR count). The van der Waals surface area contributed by atoms with Crippen LogP contribution in [0, 0.1) is 17.8 Å². The number of carbonyl (C=O) groups is 1. The van der Waals surface area contributed by atoms with Gasteiger partial charge in [0.2, 0.25) is 0 Å². The Bertz CT molecular complexity index is 1300. The first-order valence-electron chi connectivity index (χ1n) is 15.8. The van der Waals surface area contributed by atoms with Crippen molar-refractivity contribution in [3.8, 4) is 5.75 Å². The van der Waals surface area contributed by atoms with Gasteiger partial charge in [-0.1, -0.05) is 37.4 Å². The topological polar surface area (TPSA) is 78.9 Å². The largest absolute Gasteiger partial charge is 0.490 e. The first kappa shape index (κ1) is 31.3. The molecule has 1 amide bonds. The van der Waals surface area contributed by atoms with E-state index in [1.54, 1.807) is 6.07 Å². The second-order valence-electron chi connectivity index (χ2n) is 13.1. The van der Waals surface area contributed by atoms with Crippen LogP contribution in [0.15, 0.2) is 36.4 Å². The van der Waals surface area contributed by atoms with E-state index in [-0.39, 0.29) is 22.7 Å². The molecule has 1 spiro atoms. The molecule has 6 nitrogen and oxygen atoms in total. The zero-order chi connectivity index (χ0) is 30.0. The summed E-state index contributed by atoms with van der Waals surface area (Å²) in [6.45, 7) is 10.0. The van der Waals surface area contributed by atoms with E-state index < -0.39 is 11.0 Å². The lowest BCUT2D eigenvalue weighted by Crippen LogP contribution is -2.49. The molecule has 2 aromatic rings. The van der Waals surface area contributed by atoms with Crippen molar-refractivity contribution in [2.24, 2.45) is 17.8 Å². The van der Waals surface area contributed by atoms with Crippen molar-refractivity contribution in [3.63, 3.8) is 0 Å². The number of nitrogens with zero attached hydrogens (tertiary/aromatic N) is 1. The average molecular weight is 615 g/mol. The van der Waals surface area contributed by atoms with E-state index in [0.29, 0.717) is 29.9 Å². The van der Waals surface area contributed by atoms with Gasteiger partial charge in [-0.3, -0.25) is 9.52 Å². The van der Waals surface area contributed by atoms with Crippen LogP contribution in [0.4, 0.5) is 5.69 Å². The quantitative estimate of drug-likeness (QED) is 0.307. The van der Waals surface area contributed by atoms with Gasteiger partial charge < -0.3 is 14.7 Å². The molecule has 42 heavy (non-hydrogen) atoms. The number of unbranched alkanes of at least 4 members (excludes halogenated alkanes) is 1. The highest BCUT2D eigenvalue weighted by Gasteiger charge is 2.45. The predicted molar refractivity (Wildman–Crippen MR) is 172 cm³/mol. The fourth-order valence-electron chi connectivity index (χ4n) is 7.44. The number of aryl methyl sites for hydroxylation is 1. The summed E-state index contributed by atoms with van der Waals surface area (Å²) in [5, 5.41) is 11.3. The maximum Gasteiger partial charge on any atom is 0.263 e. The van der Waals surface area contributed by atoms with Crippen LogP contribution in [0.1, 0.15) is 94.1 Å². The van der Waals surface area contributed by atoms with E-state index in [2.05, 4.69) is 28.7 Å². The summed E-state index contributed by atoms with van der Waals surface area (Å²) < 4.78 is 21.7. The number of halogens is 1. The summed E-state index contributed by atoms with van der Waals surface area (Å²) in [5.74, 6) is 1.70. The first-order valence-corrected chi connectivity index (χ1v) is 17.4. The molecule has 1 saturated carbocycles. The molecule has 2 aromatic carbocycles. The Balaban J connectivity index is 1.50. The highest BCUT2D eigenvalue weighted by atomic mass is 35.5. The number of aliphatic hydroxyl groups is 1. The van der Waals surface area contributed by atoms with Gasteiger partial charge in [0.1, 0.15) is 16.7 Å². The number of aliphatic hydroxyl groups excluding tert-OH is 1. The van der Waals surface area contributed by atoms with Gasteiger partial charge in [-0.2, -0.15) is 0 Å². The Morgan fingerprint density at radius 3 is 2.71 bits per heavy atom. The van der Waals surface area contributed by atoms with Crippen LogP contribution in [0.3, 0.4) is 0 Å². The van der Waals surface area contributed by atoms with Crippen LogP contribution >= 0.6 is 11.6 Å². The van der Waals surface area contributed by atoms with Gasteiger partial charge in [-0.15, -0.1) is 0 Å². The summed E-state index contributed by atoms with van der Waals surface area (Å²) in [4.78, 5) is 15.6. The fraction of sp³-hybridized carbons (Fsp3) is 0.618. The van der Waals surface area contributed by atoms with Crippen molar-refractivity contribution in [2.45, 2.75) is 95.8 Å². The second kappa shape index (κ2) is 13.3. The minimum atomic E-state index is -1.45. The van der Waals surface area contributed by atoms with E-state index in [1.165, 1.54) is 11.1 Å². The molecule has 230 valence electrons. The molecule has 3 aliphatic rings. The number of hydrogen-bond donors (Lipinski definition) is 2. The smallest absolute Gasteiger partial charge is 0.263 e. The highest BCUT2D eigenvalue weighted by molar-refractivity contribution is 7.84. The number of hydrogen-bond acceptors (Lipinski definition) is 5. The maximum absolute atomic E-state index is 13.1. The van der Waals surface area contributed by atoms with Crippen molar-refractivity contribution in [1.82, 2.24) is 4.72 Å². The Labute approximate surface area is 259 Å². The maximum atomic E-state index is 13.1. The van der Waals surface area contributed by atoms with Crippen molar-refractivity contribution >= 4 is 34.2 Å². The lowest BCUT2D eigenvalue weighted by atomic mass is 9.64. The molecule has 0 aromatic heterocycles. The lowest BCUT2D eigenvalue weighted by molar-refractivity contribution is 0.0119. The molecule has 2 N–H and O–H groups in total. The molecule has 0 bridgehead atoms. The first-order chi connectivity index (χ1) is 20.1. The van der Waals surface area contributed by atoms with Crippen LogP contribution in [0.2, 0.25) is 5.02 Å². The summed E-state index contributed by atoms with van der Waals surface area (Å²) >= 11 is 6.42. The van der Waals surface area contributed by atoms with Gasteiger partial charge in [0.05, 0.1) is 18.4 Å². The predicted octanol–water partition coefficient (Wildman–Crippen LogP) is 6.83. The van der Waals surface area contributed by atoms with E-state index >= 15 is 0 Å². The Morgan fingerprint density at radius 1 is 1.21 bits per heavy atom. The van der Waals surface area contributed by atoms with Crippen LogP contribution in [0.5, 0.6) is 5.75 Å². The lowest BCUT2D eigenvalue weighted by Gasteiger charge is -2.47. The number of anilines is 1. The zero-order valence-electron chi connectivity index (χ0n) is 25.5. The second-order valence-corrected chi connectivity index (χ2v) is 15.3. The summed E-state index contributed by atoms with van der Waals surface area (Å²) in [6.07, 6.45) is 8.41. The zero-order valence-corrected chi connectivity index (χ0v) is 27.1. The van der Waals surface area contributed by atoms with Crippen molar-refractivity contribution in [2.75, 3.05) is 24.6 Å². The van der Waals surface area contributed by atoms with Gasteiger partial charge >= 0.3 is 0 Å². The molecular weight excluding hydrogens is 568 g/mol. The van der Waals surface area contributed by atoms with Gasteiger partial charge in [-0.05, 0) is 119 Å². The van der Waals surface area contributed by atoms with Gasteiger partial charge in [0, 0.05) is 34.3 Å². The van der Waals surface area contributed by atoms with Crippen LogP contribution in [0.25, 0.3) is 0 Å². The molecule has 2 aliphatic carbocycles. The number of nitrogens with one attached hydrogen (secondary N) is 1. The van der Waals surface area contributed by atoms with E-state index in [0.717, 1.165) is 80.9 Å². The van der Waals surface area contributed by atoms with E-state index in [9.17, 15) is 14.1 Å². The molecule has 1 heterocycles. The normalized spacial score (nSPS) is 25.5. The van der Waals surface area contributed by atoms with E-state index in [1.807, 2.05) is 39.0 Å². The van der Waals surface area contributed by atoms with Crippen LogP contribution in [-0.2, 0) is 22.8 Å². The molecule has 8 heteroatoms. The number of rotatable bonds is 10. The Kier molecular flexibility index (Phi) is 9.90. The molecule has 0 radical (unpaired) electrons. The molecular formula is C34H47ClN2O4S. The number of ether oxygens (including phenoxy) is 1.